The van der Waals surface area contributed by atoms with E-state index in [-0.39, 0.29) is 11.5 Å². The maximum Gasteiger partial charge on any atom is 0.223 e. The SMILES string of the molecule is CCC1CC2CC(C1)CC(C)(CC(=O)N1CCN(c3ccc(OC[C@H]4CO[C@](Cn5ccnc5)(c5ccc(Cl)cc5Cl)O4)cc3)CC1)C2. The first-order chi connectivity index (χ1) is 23.2. The van der Waals surface area contributed by atoms with E-state index in [1.54, 1.807) is 24.7 Å². The highest BCUT2D eigenvalue weighted by Gasteiger charge is 2.46. The number of fused-ring (bicyclic) bond motifs is 2. The number of benzene rings is 2. The number of imidazole rings is 1. The lowest BCUT2D eigenvalue weighted by Gasteiger charge is -2.48. The Morgan fingerprint density at radius 1 is 1.02 bits per heavy atom. The van der Waals surface area contributed by atoms with Gasteiger partial charge in [-0.3, -0.25) is 4.79 Å². The molecule has 48 heavy (non-hydrogen) atoms. The van der Waals surface area contributed by atoms with E-state index in [1.807, 2.05) is 29.0 Å². The van der Waals surface area contributed by atoms with Gasteiger partial charge in [0.15, 0.2) is 0 Å². The number of carbonyl (C=O) groups is 1. The van der Waals surface area contributed by atoms with Gasteiger partial charge in [0.2, 0.25) is 11.7 Å². The van der Waals surface area contributed by atoms with E-state index >= 15 is 0 Å². The third-order valence-corrected chi connectivity index (χ3v) is 11.7. The van der Waals surface area contributed by atoms with Crippen molar-refractivity contribution in [3.63, 3.8) is 0 Å². The molecule has 1 amide bonds. The Hall–Kier alpha value is -2.78. The summed E-state index contributed by atoms with van der Waals surface area (Å²) in [5.74, 6) is 2.56. The number of amides is 1. The van der Waals surface area contributed by atoms with E-state index in [9.17, 15) is 4.79 Å². The van der Waals surface area contributed by atoms with Crippen LogP contribution < -0.4 is 9.64 Å². The number of ether oxygens (including phenoxy) is 3. The van der Waals surface area contributed by atoms with E-state index in [1.165, 1.54) is 38.5 Å². The standard InChI is InChI=1S/C38H48Cl2N4O4/c1-3-27-16-28-18-29(17-27)21-37(2,20-28)22-36(45)44-14-12-43(13-15-44)31-5-7-32(8-6-31)46-23-33-24-47-38(48-33,25-42-11-10-41-26-42)34-9-4-30(39)19-35(34)40/h4-11,19,26-29,33H,3,12-18,20-25H2,1-2H3/t27?,28?,29?,33-,37?,38-/m0/s1. The van der Waals surface area contributed by atoms with Crippen molar-refractivity contribution in [1.82, 2.24) is 14.5 Å². The zero-order chi connectivity index (χ0) is 33.3. The molecule has 4 atom stereocenters. The zero-order valence-corrected chi connectivity index (χ0v) is 29.7. The van der Waals surface area contributed by atoms with Gasteiger partial charge in [-0.15, -0.1) is 0 Å². The normalized spacial score (nSPS) is 30.4. The molecule has 2 unspecified atom stereocenters. The number of aromatic nitrogens is 2. The van der Waals surface area contributed by atoms with Crippen molar-refractivity contribution in [2.45, 2.75) is 77.2 Å². The van der Waals surface area contributed by atoms with Crippen LogP contribution in [0.3, 0.4) is 0 Å². The third kappa shape index (κ3) is 7.52. The van der Waals surface area contributed by atoms with Gasteiger partial charge in [-0.1, -0.05) is 49.5 Å². The molecule has 2 aliphatic heterocycles. The molecule has 1 aromatic heterocycles. The van der Waals surface area contributed by atoms with Gasteiger partial charge < -0.3 is 28.6 Å². The summed E-state index contributed by atoms with van der Waals surface area (Å²) in [5.41, 5.74) is 2.02. The molecule has 4 aliphatic rings. The quantitative estimate of drug-likeness (QED) is 0.216. The second-order valence-electron chi connectivity index (χ2n) is 14.9. The van der Waals surface area contributed by atoms with Crippen molar-refractivity contribution in [1.29, 1.82) is 0 Å². The number of halogens is 2. The molecule has 258 valence electrons. The van der Waals surface area contributed by atoms with Crippen LogP contribution in [0.1, 0.15) is 64.4 Å². The highest BCUT2D eigenvalue weighted by Crippen LogP contribution is 2.52. The number of rotatable bonds is 10. The van der Waals surface area contributed by atoms with Crippen LogP contribution in [0.4, 0.5) is 5.69 Å². The first-order valence-electron chi connectivity index (χ1n) is 17.7. The molecule has 8 nitrogen and oxygen atoms in total. The number of piperazine rings is 1. The lowest BCUT2D eigenvalue weighted by Crippen LogP contribution is -2.50. The van der Waals surface area contributed by atoms with Gasteiger partial charge in [0.05, 0.1) is 24.5 Å². The second-order valence-corrected chi connectivity index (χ2v) is 15.8. The Bertz CT molecular complexity index is 1530. The lowest BCUT2D eigenvalue weighted by atomic mass is 9.58. The predicted molar refractivity (Wildman–Crippen MR) is 188 cm³/mol. The molecule has 0 radical (unpaired) electrons. The van der Waals surface area contributed by atoms with Crippen molar-refractivity contribution in [2.24, 2.45) is 23.2 Å². The Kier molecular flexibility index (Phi) is 9.98. The van der Waals surface area contributed by atoms with Gasteiger partial charge in [-0.05, 0) is 91.7 Å². The number of carbonyl (C=O) groups excluding carboxylic acids is 1. The van der Waals surface area contributed by atoms with Gasteiger partial charge in [-0.2, -0.15) is 0 Å². The Balaban J connectivity index is 0.896. The van der Waals surface area contributed by atoms with Crippen LogP contribution in [0.25, 0.3) is 0 Å². The van der Waals surface area contributed by atoms with E-state index in [2.05, 4.69) is 40.8 Å². The molecule has 2 saturated carbocycles. The fraction of sp³-hybridized carbons (Fsp3) is 0.579. The monoisotopic (exact) mass is 694 g/mol. The van der Waals surface area contributed by atoms with Crippen molar-refractivity contribution >= 4 is 34.8 Å². The molecule has 4 fully saturated rings. The molecular weight excluding hydrogens is 647 g/mol. The molecule has 3 aromatic rings. The van der Waals surface area contributed by atoms with Gasteiger partial charge >= 0.3 is 0 Å². The first kappa shape index (κ1) is 33.7. The predicted octanol–water partition coefficient (Wildman–Crippen LogP) is 7.82. The van der Waals surface area contributed by atoms with Crippen molar-refractivity contribution < 1.29 is 19.0 Å². The molecule has 10 heteroatoms. The van der Waals surface area contributed by atoms with Crippen LogP contribution >= 0.6 is 23.2 Å². The summed E-state index contributed by atoms with van der Waals surface area (Å²) in [6, 6.07) is 13.5. The third-order valence-electron chi connectivity index (χ3n) is 11.1. The molecule has 2 aliphatic carbocycles. The molecule has 2 bridgehead atoms. The average molecular weight is 696 g/mol. The van der Waals surface area contributed by atoms with Crippen LogP contribution in [0.5, 0.6) is 5.75 Å². The minimum Gasteiger partial charge on any atom is -0.491 e. The molecule has 0 N–H and O–H groups in total. The maximum absolute atomic E-state index is 13.5. The summed E-state index contributed by atoms with van der Waals surface area (Å²) >= 11 is 12.8. The van der Waals surface area contributed by atoms with Crippen LogP contribution in [0.2, 0.25) is 10.0 Å². The van der Waals surface area contributed by atoms with Crippen molar-refractivity contribution in [3.05, 3.63) is 76.8 Å². The molecule has 2 saturated heterocycles. The summed E-state index contributed by atoms with van der Waals surface area (Å²) in [7, 11) is 0. The average Bonchev–Trinajstić information content (AvgIpc) is 3.74. The van der Waals surface area contributed by atoms with E-state index in [0.717, 1.165) is 55.4 Å². The van der Waals surface area contributed by atoms with Crippen molar-refractivity contribution in [3.8, 4) is 5.75 Å². The van der Waals surface area contributed by atoms with Crippen LogP contribution in [0, 0.1) is 23.2 Å². The van der Waals surface area contributed by atoms with E-state index < -0.39 is 5.79 Å². The summed E-state index contributed by atoms with van der Waals surface area (Å²) < 4.78 is 20.9. The summed E-state index contributed by atoms with van der Waals surface area (Å²) in [4.78, 5) is 22.1. The van der Waals surface area contributed by atoms with Crippen LogP contribution in [0.15, 0.2) is 61.2 Å². The summed E-state index contributed by atoms with van der Waals surface area (Å²) in [6.07, 6.45) is 13.6. The fourth-order valence-electron chi connectivity index (χ4n) is 9.00. The molecule has 7 rings (SSSR count). The number of hydrogen-bond acceptors (Lipinski definition) is 6. The van der Waals surface area contributed by atoms with Crippen LogP contribution in [-0.2, 0) is 26.6 Å². The fourth-order valence-corrected chi connectivity index (χ4v) is 9.55. The van der Waals surface area contributed by atoms with Gasteiger partial charge in [0.25, 0.3) is 0 Å². The minimum atomic E-state index is -1.09. The number of nitrogens with zero attached hydrogens (tertiary/aromatic N) is 4. The smallest absolute Gasteiger partial charge is 0.223 e. The first-order valence-corrected chi connectivity index (χ1v) is 18.4. The van der Waals surface area contributed by atoms with Gasteiger partial charge in [-0.25, -0.2) is 4.98 Å². The Labute approximate surface area is 294 Å². The number of anilines is 1. The van der Waals surface area contributed by atoms with E-state index in [0.29, 0.717) is 47.7 Å². The lowest BCUT2D eigenvalue weighted by molar-refractivity contribution is -0.189. The molecule has 2 aromatic carbocycles. The largest absolute Gasteiger partial charge is 0.491 e. The number of hydrogen-bond donors (Lipinski definition) is 0. The van der Waals surface area contributed by atoms with E-state index in [4.69, 9.17) is 37.4 Å². The maximum atomic E-state index is 13.5. The molecular formula is C38H48Cl2N4O4. The highest BCUT2D eigenvalue weighted by atomic mass is 35.5. The van der Waals surface area contributed by atoms with Crippen molar-refractivity contribution in [2.75, 3.05) is 44.3 Å². The molecule has 3 heterocycles. The highest BCUT2D eigenvalue weighted by molar-refractivity contribution is 6.35. The molecule has 0 spiro atoms. The summed E-state index contributed by atoms with van der Waals surface area (Å²) in [6.45, 7) is 9.02. The van der Waals surface area contributed by atoms with Gasteiger partial charge in [0, 0.05) is 61.3 Å². The minimum absolute atomic E-state index is 0.163. The topological polar surface area (TPSA) is 69.1 Å². The Morgan fingerprint density at radius 2 is 1.77 bits per heavy atom. The van der Waals surface area contributed by atoms with Crippen LogP contribution in [-0.4, -0.2) is 65.9 Å². The summed E-state index contributed by atoms with van der Waals surface area (Å²) in [5, 5.41) is 1.03. The zero-order valence-electron chi connectivity index (χ0n) is 28.2. The Morgan fingerprint density at radius 3 is 2.44 bits per heavy atom. The second kappa shape index (κ2) is 14.2. The van der Waals surface area contributed by atoms with Gasteiger partial charge in [0.1, 0.15) is 18.5 Å².